The maximum Gasteiger partial charge on any atom is 0.144 e. The molecule has 10 nitrogen and oxygen atoms in total. The highest BCUT2D eigenvalue weighted by atomic mass is 32.2. The van der Waals surface area contributed by atoms with Crippen LogP contribution in [0, 0.1) is 6.92 Å². The lowest BCUT2D eigenvalue weighted by Gasteiger charge is -2.31. The van der Waals surface area contributed by atoms with Gasteiger partial charge in [-0.05, 0) is 101 Å². The fourth-order valence-corrected chi connectivity index (χ4v) is 7.60. The Morgan fingerprint density at radius 3 is 1.70 bits per heavy atom. The Morgan fingerprint density at radius 1 is 0.679 bits per heavy atom. The van der Waals surface area contributed by atoms with Gasteiger partial charge in [0.15, 0.2) is 0 Å². The third-order valence-corrected chi connectivity index (χ3v) is 11.1. The second-order valence-electron chi connectivity index (χ2n) is 14.3. The van der Waals surface area contributed by atoms with Crippen molar-refractivity contribution in [1.82, 2.24) is 29.7 Å². The van der Waals surface area contributed by atoms with Gasteiger partial charge in [0.2, 0.25) is 0 Å². The summed E-state index contributed by atoms with van der Waals surface area (Å²) < 4.78 is 13.0. The lowest BCUT2D eigenvalue weighted by molar-refractivity contribution is -0.0273. The first-order valence-corrected chi connectivity index (χ1v) is 19.7. The molecule has 2 fully saturated rings. The van der Waals surface area contributed by atoms with Crippen molar-refractivity contribution in [2.45, 2.75) is 61.9 Å². The van der Waals surface area contributed by atoms with Gasteiger partial charge >= 0.3 is 0 Å². The first kappa shape index (κ1) is 36.9. The summed E-state index contributed by atoms with van der Waals surface area (Å²) in [6.07, 6.45) is 5.45. The number of aryl methyl sites for hydroxylation is 1. The standard InChI is InChI=1S/C21H25N3O2S.C21H25N3O2/c1-24-11-9-14(10-12-24)26-20(16-13-15(27-2)7-8-19(16)25)21-22-17-5-3-4-6-18(17)23-21;1-14-6-5-7-16(19(14)25)20(26-15-10-12-24(2)13-11-15)21-22-17-8-3-4-9-18(17)23-21/h3-8,13-14,20,25H,9-12H2,1-2H3,(H,22,23);3-9,15,20,25H,10-13H2,1-2H3,(H,22,23). The first-order valence-electron chi connectivity index (χ1n) is 18.5. The van der Waals surface area contributed by atoms with Crippen LogP contribution in [0.3, 0.4) is 0 Å². The van der Waals surface area contributed by atoms with Gasteiger partial charge in [-0.3, -0.25) is 0 Å². The van der Waals surface area contributed by atoms with E-state index >= 15 is 0 Å². The van der Waals surface area contributed by atoms with Crippen LogP contribution < -0.4 is 0 Å². The van der Waals surface area contributed by atoms with Gasteiger partial charge in [-0.25, -0.2) is 9.97 Å². The predicted octanol–water partition coefficient (Wildman–Crippen LogP) is 7.97. The van der Waals surface area contributed by atoms with E-state index in [0.29, 0.717) is 0 Å². The SMILES string of the molecule is CSc1ccc(O)c(C(OC2CCN(C)CC2)c2nc3ccccc3[nH]2)c1.Cc1cccc(C(OC2CCN(C)CC2)c2nc3ccccc3[nH]2)c1O. The molecule has 0 radical (unpaired) electrons. The lowest BCUT2D eigenvalue weighted by Crippen LogP contribution is -2.35. The van der Waals surface area contributed by atoms with E-state index in [1.54, 1.807) is 17.8 Å². The molecule has 4 aromatic carbocycles. The van der Waals surface area contributed by atoms with Crippen molar-refractivity contribution in [2.24, 2.45) is 0 Å². The number of thioether (sulfide) groups is 1. The Balaban J connectivity index is 0.000000164. The van der Waals surface area contributed by atoms with Crippen molar-refractivity contribution < 1.29 is 19.7 Å². The number of piperidine rings is 2. The second-order valence-corrected chi connectivity index (χ2v) is 15.1. The average molecular weight is 735 g/mol. The number of nitrogens with zero attached hydrogens (tertiary/aromatic N) is 4. The molecule has 8 rings (SSSR count). The molecule has 2 atom stereocenters. The number of likely N-dealkylation sites (tertiary alicyclic amines) is 2. The molecule has 0 spiro atoms. The number of aromatic hydroxyl groups is 2. The highest BCUT2D eigenvalue weighted by molar-refractivity contribution is 7.98. The number of fused-ring (bicyclic) bond motifs is 2. The lowest BCUT2D eigenvalue weighted by atomic mass is 10.0. The van der Waals surface area contributed by atoms with E-state index in [9.17, 15) is 10.2 Å². The van der Waals surface area contributed by atoms with Crippen LogP contribution in [-0.4, -0.2) is 98.7 Å². The van der Waals surface area contributed by atoms with Gasteiger partial charge < -0.3 is 39.5 Å². The van der Waals surface area contributed by atoms with E-state index in [2.05, 4.69) is 33.9 Å². The zero-order valence-electron chi connectivity index (χ0n) is 31.0. The summed E-state index contributed by atoms with van der Waals surface area (Å²) in [4.78, 5) is 22.0. The molecule has 53 heavy (non-hydrogen) atoms. The van der Waals surface area contributed by atoms with E-state index in [1.807, 2.05) is 92.0 Å². The molecule has 11 heteroatoms. The van der Waals surface area contributed by atoms with Crippen LogP contribution in [0.25, 0.3) is 22.1 Å². The van der Waals surface area contributed by atoms with Gasteiger partial charge in [-0.1, -0.05) is 42.5 Å². The van der Waals surface area contributed by atoms with Crippen LogP contribution in [0.5, 0.6) is 11.5 Å². The van der Waals surface area contributed by atoms with Gasteiger partial charge in [0.05, 0.1) is 34.3 Å². The number of aromatic nitrogens is 4. The zero-order chi connectivity index (χ0) is 36.9. The summed E-state index contributed by atoms with van der Waals surface area (Å²) in [5, 5.41) is 21.2. The molecule has 0 amide bonds. The number of rotatable bonds is 9. The van der Waals surface area contributed by atoms with Crippen molar-refractivity contribution in [1.29, 1.82) is 0 Å². The fourth-order valence-electron chi connectivity index (χ4n) is 7.15. The number of ether oxygens (including phenoxy) is 2. The third kappa shape index (κ3) is 8.71. The fraction of sp³-hybridized carbons (Fsp3) is 0.381. The number of phenolic OH excluding ortho intramolecular Hbond substituents is 2. The number of hydrogen-bond acceptors (Lipinski definition) is 9. The second kappa shape index (κ2) is 16.7. The zero-order valence-corrected chi connectivity index (χ0v) is 31.8. The molecule has 278 valence electrons. The summed E-state index contributed by atoms with van der Waals surface area (Å²) in [5.41, 5.74) is 6.15. The van der Waals surface area contributed by atoms with E-state index < -0.39 is 12.2 Å². The molecule has 4 N–H and O–H groups in total. The van der Waals surface area contributed by atoms with Crippen molar-refractivity contribution in [3.63, 3.8) is 0 Å². The van der Waals surface area contributed by atoms with E-state index in [-0.39, 0.29) is 23.7 Å². The molecule has 2 aliphatic heterocycles. The first-order chi connectivity index (χ1) is 25.7. The molecule has 2 aliphatic rings. The molecule has 6 aromatic rings. The van der Waals surface area contributed by atoms with Crippen LogP contribution >= 0.6 is 11.8 Å². The summed E-state index contributed by atoms with van der Waals surface area (Å²) >= 11 is 1.65. The molecule has 4 heterocycles. The smallest absolute Gasteiger partial charge is 0.144 e. The number of phenols is 2. The Bertz CT molecular complexity index is 2050. The summed E-state index contributed by atoms with van der Waals surface area (Å²) in [6.45, 7) is 6.00. The Labute approximate surface area is 315 Å². The molecular formula is C42H50N6O4S. The molecular weight excluding hydrogens is 685 g/mol. The molecule has 2 unspecified atom stereocenters. The third-order valence-electron chi connectivity index (χ3n) is 10.4. The number of hydrogen-bond donors (Lipinski definition) is 4. The molecule has 0 saturated carbocycles. The molecule has 0 aliphatic carbocycles. The summed E-state index contributed by atoms with van der Waals surface area (Å²) in [7, 11) is 4.28. The monoisotopic (exact) mass is 734 g/mol. The Hall–Kier alpha value is -4.39. The van der Waals surface area contributed by atoms with E-state index in [4.69, 9.17) is 19.4 Å². The quantitative estimate of drug-likeness (QED) is 0.110. The number of H-pyrrole nitrogens is 2. The number of para-hydroxylation sites is 5. The van der Waals surface area contributed by atoms with E-state index in [1.165, 1.54) is 0 Å². The van der Waals surface area contributed by atoms with Crippen molar-refractivity contribution in [3.05, 3.63) is 113 Å². The Morgan fingerprint density at radius 2 is 1.19 bits per heavy atom. The number of aromatic amines is 2. The van der Waals surface area contributed by atoms with Crippen LogP contribution in [-0.2, 0) is 9.47 Å². The van der Waals surface area contributed by atoms with Crippen molar-refractivity contribution in [2.75, 3.05) is 46.5 Å². The van der Waals surface area contributed by atoms with Crippen LogP contribution in [0.1, 0.15) is 66.2 Å². The van der Waals surface area contributed by atoms with Gasteiger partial charge in [0.25, 0.3) is 0 Å². The topological polar surface area (TPSA) is 123 Å². The van der Waals surface area contributed by atoms with Gasteiger partial charge in [-0.2, -0.15) is 0 Å². The van der Waals surface area contributed by atoms with Gasteiger partial charge in [-0.15, -0.1) is 11.8 Å². The van der Waals surface area contributed by atoms with Crippen LogP contribution in [0.4, 0.5) is 0 Å². The van der Waals surface area contributed by atoms with Crippen molar-refractivity contribution in [3.8, 4) is 11.5 Å². The van der Waals surface area contributed by atoms with Gasteiger partial charge in [0.1, 0.15) is 35.4 Å². The highest BCUT2D eigenvalue weighted by Gasteiger charge is 2.29. The minimum absolute atomic E-state index is 0.150. The van der Waals surface area contributed by atoms with Crippen LogP contribution in [0.15, 0.2) is 89.8 Å². The molecule has 0 bridgehead atoms. The summed E-state index contributed by atoms with van der Waals surface area (Å²) in [5.74, 6) is 2.01. The summed E-state index contributed by atoms with van der Waals surface area (Å²) in [6, 6.07) is 27.4. The predicted molar refractivity (Wildman–Crippen MR) is 212 cm³/mol. The minimum Gasteiger partial charge on any atom is -0.508 e. The maximum atomic E-state index is 10.6. The normalized spacial score (nSPS) is 17.5. The minimum atomic E-state index is -0.419. The number of imidazole rings is 2. The highest BCUT2D eigenvalue weighted by Crippen LogP contribution is 2.38. The average Bonchev–Trinajstić information content (AvgIpc) is 3.81. The molecule has 2 aromatic heterocycles. The Kier molecular flexibility index (Phi) is 11.7. The number of benzene rings is 4. The van der Waals surface area contributed by atoms with Crippen LogP contribution in [0.2, 0.25) is 0 Å². The maximum absolute atomic E-state index is 10.6. The van der Waals surface area contributed by atoms with Gasteiger partial charge in [0, 0.05) is 42.2 Å². The van der Waals surface area contributed by atoms with Crippen molar-refractivity contribution >= 4 is 33.8 Å². The molecule has 2 saturated heterocycles. The largest absolute Gasteiger partial charge is 0.508 e. The number of nitrogens with one attached hydrogen (secondary N) is 2. The van der Waals surface area contributed by atoms with E-state index in [0.717, 1.165) is 107 Å².